The van der Waals surface area contributed by atoms with E-state index in [9.17, 15) is 0 Å². The van der Waals surface area contributed by atoms with Gasteiger partial charge in [0.2, 0.25) is 0 Å². The Morgan fingerprint density at radius 2 is 1.59 bits per heavy atom. The van der Waals surface area contributed by atoms with E-state index in [1.807, 2.05) is 36.4 Å². The van der Waals surface area contributed by atoms with Gasteiger partial charge in [0, 0.05) is 23.1 Å². The lowest BCUT2D eigenvalue weighted by Crippen LogP contribution is -2.35. The monoisotopic (exact) mass is 427 g/mol. The second-order valence-corrected chi connectivity index (χ2v) is 8.09. The third kappa shape index (κ3) is 4.23. The molecule has 29 heavy (non-hydrogen) atoms. The van der Waals surface area contributed by atoms with Gasteiger partial charge in [-0.1, -0.05) is 47.5 Å². The van der Waals surface area contributed by atoms with Gasteiger partial charge in [-0.05, 0) is 65.1 Å². The highest BCUT2D eigenvalue weighted by Gasteiger charge is 2.30. The van der Waals surface area contributed by atoms with Gasteiger partial charge in [-0.2, -0.15) is 0 Å². The van der Waals surface area contributed by atoms with Crippen LogP contribution in [0.3, 0.4) is 0 Å². The molecule has 0 fully saturated rings. The first-order valence-corrected chi connectivity index (χ1v) is 10.3. The molecule has 3 aromatic rings. The van der Waals surface area contributed by atoms with Crippen LogP contribution in [-0.2, 0) is 13.0 Å². The maximum absolute atomic E-state index is 6.35. The number of ether oxygens (including phenoxy) is 2. The molecule has 5 heteroatoms. The summed E-state index contributed by atoms with van der Waals surface area (Å²) in [6.07, 6.45) is 0.938. The van der Waals surface area contributed by atoms with Crippen LogP contribution in [0.25, 0.3) is 0 Å². The van der Waals surface area contributed by atoms with Crippen molar-refractivity contribution in [2.45, 2.75) is 19.0 Å². The van der Waals surface area contributed by atoms with Gasteiger partial charge in [0.1, 0.15) is 0 Å². The van der Waals surface area contributed by atoms with Crippen molar-refractivity contribution in [3.63, 3.8) is 0 Å². The average molecular weight is 428 g/mol. The molecular formula is C24H23Cl2NO2. The van der Waals surface area contributed by atoms with Crippen LogP contribution in [-0.4, -0.2) is 25.7 Å². The number of nitrogens with zero attached hydrogens (tertiary/aromatic N) is 1. The van der Waals surface area contributed by atoms with Crippen molar-refractivity contribution in [2.75, 3.05) is 20.8 Å². The van der Waals surface area contributed by atoms with Crippen LogP contribution in [0.5, 0.6) is 11.5 Å². The topological polar surface area (TPSA) is 21.7 Å². The van der Waals surface area contributed by atoms with Crippen LogP contribution in [0.1, 0.15) is 28.3 Å². The molecule has 0 aliphatic carbocycles. The Morgan fingerprint density at radius 1 is 0.897 bits per heavy atom. The molecule has 3 aromatic carbocycles. The Morgan fingerprint density at radius 3 is 2.28 bits per heavy atom. The summed E-state index contributed by atoms with van der Waals surface area (Å²) in [5, 5.41) is 1.49. The van der Waals surface area contributed by atoms with Crippen molar-refractivity contribution in [1.29, 1.82) is 0 Å². The number of halogens is 2. The third-order valence-corrected chi connectivity index (χ3v) is 5.88. The van der Waals surface area contributed by atoms with Crippen molar-refractivity contribution in [3.8, 4) is 11.5 Å². The highest BCUT2D eigenvalue weighted by atomic mass is 35.5. The molecule has 0 N–H and O–H groups in total. The van der Waals surface area contributed by atoms with E-state index in [1.54, 1.807) is 14.2 Å². The molecule has 0 spiro atoms. The molecule has 0 amide bonds. The predicted octanol–water partition coefficient (Wildman–Crippen LogP) is 6.16. The highest BCUT2D eigenvalue weighted by molar-refractivity contribution is 6.30. The van der Waals surface area contributed by atoms with E-state index in [4.69, 9.17) is 32.7 Å². The van der Waals surface area contributed by atoms with Crippen LogP contribution in [0, 0.1) is 0 Å². The zero-order valence-electron chi connectivity index (χ0n) is 16.5. The number of methoxy groups -OCH3 is 2. The summed E-state index contributed by atoms with van der Waals surface area (Å²) in [7, 11) is 3.35. The maximum atomic E-state index is 6.35. The van der Waals surface area contributed by atoms with Crippen LogP contribution in [0.4, 0.5) is 0 Å². The van der Waals surface area contributed by atoms with Crippen LogP contribution in [0.15, 0.2) is 60.7 Å². The normalized spacial score (nSPS) is 16.3. The Kier molecular flexibility index (Phi) is 6.00. The number of benzene rings is 3. The Labute approximate surface area is 181 Å². The summed E-state index contributed by atoms with van der Waals surface area (Å²) in [4.78, 5) is 2.46. The quantitative estimate of drug-likeness (QED) is 0.486. The highest BCUT2D eigenvalue weighted by Crippen LogP contribution is 2.42. The average Bonchev–Trinajstić information content (AvgIpc) is 2.72. The number of fused-ring (bicyclic) bond motifs is 1. The van der Waals surface area contributed by atoms with E-state index in [0.29, 0.717) is 0 Å². The van der Waals surface area contributed by atoms with Gasteiger partial charge < -0.3 is 9.47 Å². The molecule has 4 rings (SSSR count). The molecule has 1 aliphatic heterocycles. The lowest BCUT2D eigenvalue weighted by atomic mass is 9.87. The lowest BCUT2D eigenvalue weighted by Gasteiger charge is -2.38. The minimum Gasteiger partial charge on any atom is -0.493 e. The molecule has 0 bridgehead atoms. The van der Waals surface area contributed by atoms with E-state index >= 15 is 0 Å². The molecule has 0 aromatic heterocycles. The summed E-state index contributed by atoms with van der Waals surface area (Å²) in [5.74, 6) is 1.50. The molecular weight excluding hydrogens is 405 g/mol. The van der Waals surface area contributed by atoms with Gasteiger partial charge in [0.05, 0.1) is 20.3 Å². The molecule has 1 atom stereocenters. The van der Waals surface area contributed by atoms with Gasteiger partial charge in [0.15, 0.2) is 11.5 Å². The smallest absolute Gasteiger partial charge is 0.161 e. The van der Waals surface area contributed by atoms with Crippen LogP contribution in [0.2, 0.25) is 10.0 Å². The van der Waals surface area contributed by atoms with Crippen molar-refractivity contribution < 1.29 is 9.47 Å². The minimum atomic E-state index is 0.0660. The van der Waals surface area contributed by atoms with Crippen molar-refractivity contribution in [3.05, 3.63) is 93.0 Å². The van der Waals surface area contributed by atoms with Gasteiger partial charge >= 0.3 is 0 Å². The van der Waals surface area contributed by atoms with Crippen molar-refractivity contribution in [2.24, 2.45) is 0 Å². The fourth-order valence-electron chi connectivity index (χ4n) is 4.10. The standard InChI is InChI=1S/C24H23Cl2NO2/c1-28-22-13-17-9-10-27(15-16-5-3-7-19(25)11-16)24(21(17)14-23(22)29-2)18-6-4-8-20(26)12-18/h3-8,11-14,24H,9-10,15H2,1-2H3/t24-/m0/s1. The van der Waals surface area contributed by atoms with Crippen LogP contribution >= 0.6 is 23.2 Å². The second kappa shape index (κ2) is 8.66. The molecule has 1 heterocycles. The Hall–Kier alpha value is -2.20. The molecule has 0 radical (unpaired) electrons. The maximum Gasteiger partial charge on any atom is 0.161 e. The fourth-order valence-corrected chi connectivity index (χ4v) is 4.52. The molecule has 150 valence electrons. The number of hydrogen-bond acceptors (Lipinski definition) is 3. The van der Waals surface area contributed by atoms with E-state index in [0.717, 1.165) is 46.6 Å². The zero-order chi connectivity index (χ0) is 20.4. The summed E-state index contributed by atoms with van der Waals surface area (Å²) in [5.41, 5.74) is 4.84. The largest absolute Gasteiger partial charge is 0.493 e. The SMILES string of the molecule is COc1cc2c(cc1OC)[C@H](c1cccc(Cl)c1)N(Cc1cccc(Cl)c1)CC2. The first kappa shape index (κ1) is 20.1. The molecule has 1 aliphatic rings. The van der Waals surface area contributed by atoms with Gasteiger partial charge in [-0.3, -0.25) is 4.90 Å². The van der Waals surface area contributed by atoms with Crippen molar-refractivity contribution >= 4 is 23.2 Å². The van der Waals surface area contributed by atoms with E-state index < -0.39 is 0 Å². The lowest BCUT2D eigenvalue weighted by molar-refractivity contribution is 0.203. The van der Waals surface area contributed by atoms with Crippen molar-refractivity contribution in [1.82, 2.24) is 4.90 Å². The Balaban J connectivity index is 1.80. The number of rotatable bonds is 5. The van der Waals surface area contributed by atoms with Gasteiger partial charge in [-0.25, -0.2) is 0 Å². The summed E-state index contributed by atoms with van der Waals surface area (Å²) < 4.78 is 11.1. The minimum absolute atomic E-state index is 0.0660. The first-order chi connectivity index (χ1) is 14.1. The van der Waals surface area contributed by atoms with Crippen LogP contribution < -0.4 is 9.47 Å². The van der Waals surface area contributed by atoms with Gasteiger partial charge in [-0.15, -0.1) is 0 Å². The summed E-state index contributed by atoms with van der Waals surface area (Å²) in [6.45, 7) is 1.72. The zero-order valence-corrected chi connectivity index (χ0v) is 18.0. The summed E-state index contributed by atoms with van der Waals surface area (Å²) >= 11 is 12.6. The predicted molar refractivity (Wildman–Crippen MR) is 118 cm³/mol. The molecule has 0 saturated carbocycles. The molecule has 0 unspecified atom stereocenters. The fraction of sp³-hybridized carbons (Fsp3) is 0.250. The van der Waals surface area contributed by atoms with E-state index in [2.05, 4.69) is 29.2 Å². The summed E-state index contributed by atoms with van der Waals surface area (Å²) in [6, 6.07) is 20.4. The number of hydrogen-bond donors (Lipinski definition) is 0. The first-order valence-electron chi connectivity index (χ1n) is 9.58. The van der Waals surface area contributed by atoms with Gasteiger partial charge in [0.25, 0.3) is 0 Å². The second-order valence-electron chi connectivity index (χ2n) is 7.21. The third-order valence-electron chi connectivity index (χ3n) is 5.41. The Bertz CT molecular complexity index is 1020. The van der Waals surface area contributed by atoms with E-state index in [-0.39, 0.29) is 6.04 Å². The van der Waals surface area contributed by atoms with E-state index in [1.165, 1.54) is 16.7 Å². The molecule has 3 nitrogen and oxygen atoms in total. The molecule has 0 saturated heterocycles.